The maximum absolute atomic E-state index is 11.7. The smallest absolute Gasteiger partial charge is 0.0748 e. The Morgan fingerprint density at radius 2 is 1.64 bits per heavy atom. The monoisotopic (exact) mass is 335 g/mol. The second kappa shape index (κ2) is 7.55. The number of nitrogens with one attached hydrogen (secondary N) is 1. The molecule has 132 valence electrons. The van der Waals surface area contributed by atoms with E-state index in [1.165, 1.54) is 11.1 Å². The summed E-state index contributed by atoms with van der Waals surface area (Å²) >= 11 is 0. The maximum Gasteiger partial charge on any atom is 0.0748 e. The van der Waals surface area contributed by atoms with Crippen LogP contribution in [0.4, 0.5) is 0 Å². The van der Waals surface area contributed by atoms with E-state index in [2.05, 4.69) is 74.3 Å². The third-order valence-corrected chi connectivity index (χ3v) is 5.49. The fourth-order valence-electron chi connectivity index (χ4n) is 4.52. The van der Waals surface area contributed by atoms with Gasteiger partial charge in [0.2, 0.25) is 0 Å². The zero-order valence-electron chi connectivity index (χ0n) is 15.2. The van der Waals surface area contributed by atoms with Crippen LogP contribution in [0.3, 0.4) is 0 Å². The van der Waals surface area contributed by atoms with Crippen molar-refractivity contribution in [1.82, 2.24) is 5.32 Å². The van der Waals surface area contributed by atoms with Gasteiger partial charge in [-0.05, 0) is 29.9 Å². The van der Waals surface area contributed by atoms with Crippen molar-refractivity contribution in [2.75, 3.05) is 0 Å². The van der Waals surface area contributed by atoms with Crippen LogP contribution in [0.15, 0.2) is 73.3 Å². The molecule has 4 atom stereocenters. The molecule has 0 saturated carbocycles. The zero-order chi connectivity index (χ0) is 17.9. The van der Waals surface area contributed by atoms with Gasteiger partial charge in [0.25, 0.3) is 0 Å². The first-order chi connectivity index (χ1) is 12.0. The maximum atomic E-state index is 11.7. The molecule has 0 aliphatic carbocycles. The highest BCUT2D eigenvalue weighted by Gasteiger charge is 2.48. The predicted molar refractivity (Wildman–Crippen MR) is 104 cm³/mol. The van der Waals surface area contributed by atoms with Crippen LogP contribution in [0.5, 0.6) is 0 Å². The Bertz CT molecular complexity index is 682. The van der Waals surface area contributed by atoms with Gasteiger partial charge in [0.1, 0.15) is 0 Å². The molecule has 3 rings (SSSR count). The van der Waals surface area contributed by atoms with E-state index in [1.807, 2.05) is 18.2 Å². The first kappa shape index (κ1) is 17.9. The lowest BCUT2D eigenvalue weighted by Crippen LogP contribution is -2.54. The topological polar surface area (TPSA) is 32.3 Å². The standard InChI is InChI=1S/C23H29NO/c1-4-15-23(25)16-20(18-11-7-5-8-12-18)24-22(21(23)17(2)3)19-13-9-6-10-14-19/h4-14,17,20-22,24-25H,1,15-16H2,2-3H3/t20-,21+,22+,23+/m0/s1. The molecule has 1 heterocycles. The quantitative estimate of drug-likeness (QED) is 0.750. The average molecular weight is 335 g/mol. The highest BCUT2D eigenvalue weighted by Crippen LogP contribution is 2.48. The van der Waals surface area contributed by atoms with Crippen molar-refractivity contribution in [3.8, 4) is 0 Å². The van der Waals surface area contributed by atoms with E-state index in [9.17, 15) is 5.11 Å². The van der Waals surface area contributed by atoms with E-state index in [-0.39, 0.29) is 18.0 Å². The van der Waals surface area contributed by atoms with Crippen molar-refractivity contribution < 1.29 is 5.11 Å². The van der Waals surface area contributed by atoms with Crippen molar-refractivity contribution >= 4 is 0 Å². The Labute approximate surface area is 151 Å². The molecule has 0 bridgehead atoms. The summed E-state index contributed by atoms with van der Waals surface area (Å²) in [7, 11) is 0. The van der Waals surface area contributed by atoms with Crippen LogP contribution in [0.2, 0.25) is 0 Å². The normalized spacial score (nSPS) is 29.5. The third-order valence-electron chi connectivity index (χ3n) is 5.49. The summed E-state index contributed by atoms with van der Waals surface area (Å²) in [6, 6.07) is 21.2. The highest BCUT2D eigenvalue weighted by atomic mass is 16.3. The summed E-state index contributed by atoms with van der Waals surface area (Å²) in [6.07, 6.45) is 3.18. The van der Waals surface area contributed by atoms with Gasteiger partial charge in [0, 0.05) is 18.0 Å². The van der Waals surface area contributed by atoms with E-state index < -0.39 is 5.60 Å². The molecule has 2 aromatic rings. The Morgan fingerprint density at radius 1 is 1.08 bits per heavy atom. The van der Waals surface area contributed by atoms with E-state index in [4.69, 9.17) is 0 Å². The van der Waals surface area contributed by atoms with Gasteiger partial charge < -0.3 is 10.4 Å². The Hall–Kier alpha value is -1.90. The first-order valence-corrected chi connectivity index (χ1v) is 9.24. The van der Waals surface area contributed by atoms with Gasteiger partial charge in [-0.3, -0.25) is 0 Å². The number of rotatable bonds is 5. The molecule has 25 heavy (non-hydrogen) atoms. The molecule has 0 radical (unpaired) electrons. The fourth-order valence-corrected chi connectivity index (χ4v) is 4.52. The minimum Gasteiger partial charge on any atom is -0.389 e. The Kier molecular flexibility index (Phi) is 5.41. The van der Waals surface area contributed by atoms with Crippen LogP contribution in [0.25, 0.3) is 0 Å². The van der Waals surface area contributed by atoms with Gasteiger partial charge in [-0.25, -0.2) is 0 Å². The molecule has 0 amide bonds. The molecule has 2 heteroatoms. The van der Waals surface area contributed by atoms with Crippen molar-refractivity contribution in [2.24, 2.45) is 11.8 Å². The van der Waals surface area contributed by atoms with Gasteiger partial charge in [-0.1, -0.05) is 80.6 Å². The largest absolute Gasteiger partial charge is 0.389 e. The molecule has 0 aromatic heterocycles. The third kappa shape index (κ3) is 3.70. The fraction of sp³-hybridized carbons (Fsp3) is 0.391. The lowest BCUT2D eigenvalue weighted by Gasteiger charge is -2.50. The number of piperidine rings is 1. The zero-order valence-corrected chi connectivity index (χ0v) is 15.2. The van der Waals surface area contributed by atoms with Crippen molar-refractivity contribution in [3.63, 3.8) is 0 Å². The summed E-state index contributed by atoms with van der Waals surface area (Å²) in [5.74, 6) is 0.493. The molecule has 1 saturated heterocycles. The van der Waals surface area contributed by atoms with Gasteiger partial charge in [-0.2, -0.15) is 0 Å². The highest BCUT2D eigenvalue weighted by molar-refractivity contribution is 5.27. The SMILES string of the molecule is C=CC[C@@]1(O)C[C@@H](c2ccccc2)N[C@H](c2ccccc2)[C@H]1C(C)C. The first-order valence-electron chi connectivity index (χ1n) is 9.24. The van der Waals surface area contributed by atoms with Crippen LogP contribution >= 0.6 is 0 Å². The molecule has 0 spiro atoms. The van der Waals surface area contributed by atoms with Gasteiger partial charge in [0.15, 0.2) is 0 Å². The molecule has 2 nitrogen and oxygen atoms in total. The molecular weight excluding hydrogens is 306 g/mol. The second-order valence-electron chi connectivity index (χ2n) is 7.59. The van der Waals surface area contributed by atoms with Crippen LogP contribution < -0.4 is 5.32 Å². The van der Waals surface area contributed by atoms with E-state index in [1.54, 1.807) is 0 Å². The second-order valence-corrected chi connectivity index (χ2v) is 7.59. The summed E-state index contributed by atoms with van der Waals surface area (Å²) < 4.78 is 0. The molecular formula is C23H29NO. The summed E-state index contributed by atoms with van der Waals surface area (Å²) in [6.45, 7) is 8.32. The van der Waals surface area contributed by atoms with Crippen LogP contribution in [-0.4, -0.2) is 10.7 Å². The average Bonchev–Trinajstić information content (AvgIpc) is 2.62. The lowest BCUT2D eigenvalue weighted by molar-refractivity contribution is -0.0902. The minimum absolute atomic E-state index is 0.116. The summed E-state index contributed by atoms with van der Waals surface area (Å²) in [5, 5.41) is 15.5. The molecule has 1 aliphatic heterocycles. The van der Waals surface area contributed by atoms with Gasteiger partial charge >= 0.3 is 0 Å². The van der Waals surface area contributed by atoms with Gasteiger partial charge in [0.05, 0.1) is 5.60 Å². The molecule has 0 unspecified atom stereocenters. The number of benzene rings is 2. The van der Waals surface area contributed by atoms with Gasteiger partial charge in [-0.15, -0.1) is 6.58 Å². The summed E-state index contributed by atoms with van der Waals surface area (Å²) in [5.41, 5.74) is 1.71. The number of aliphatic hydroxyl groups is 1. The molecule has 2 aromatic carbocycles. The Morgan fingerprint density at radius 3 is 2.16 bits per heavy atom. The molecule has 1 fully saturated rings. The van der Waals surface area contributed by atoms with Crippen molar-refractivity contribution in [1.29, 1.82) is 0 Å². The van der Waals surface area contributed by atoms with Crippen LogP contribution in [0, 0.1) is 11.8 Å². The molecule has 2 N–H and O–H groups in total. The van der Waals surface area contributed by atoms with Crippen molar-refractivity contribution in [2.45, 2.75) is 44.4 Å². The Balaban J connectivity index is 2.04. The van der Waals surface area contributed by atoms with Crippen LogP contribution in [-0.2, 0) is 0 Å². The number of hydrogen-bond donors (Lipinski definition) is 2. The predicted octanol–water partition coefficient (Wildman–Crippen LogP) is 5.04. The van der Waals surface area contributed by atoms with E-state index >= 15 is 0 Å². The van der Waals surface area contributed by atoms with E-state index in [0.717, 1.165) is 0 Å². The van der Waals surface area contributed by atoms with E-state index in [0.29, 0.717) is 18.8 Å². The lowest BCUT2D eigenvalue weighted by atomic mass is 9.65. The minimum atomic E-state index is -0.762. The molecule has 1 aliphatic rings. The van der Waals surface area contributed by atoms with Crippen LogP contribution in [0.1, 0.15) is 49.9 Å². The number of hydrogen-bond acceptors (Lipinski definition) is 2. The summed E-state index contributed by atoms with van der Waals surface area (Å²) in [4.78, 5) is 0. The van der Waals surface area contributed by atoms with Crippen molar-refractivity contribution in [3.05, 3.63) is 84.4 Å².